The summed E-state index contributed by atoms with van der Waals surface area (Å²) in [6.07, 6.45) is 1.80. The van der Waals surface area contributed by atoms with Crippen LogP contribution in [0.15, 0.2) is 40.8 Å². The van der Waals surface area contributed by atoms with E-state index in [4.69, 9.17) is 4.74 Å². The van der Waals surface area contributed by atoms with Crippen molar-refractivity contribution >= 4 is 33.2 Å². The van der Waals surface area contributed by atoms with E-state index in [2.05, 4.69) is 0 Å². The summed E-state index contributed by atoms with van der Waals surface area (Å²) in [6, 6.07) is 9.31. The number of methoxy groups -OCH3 is 1. The fourth-order valence-corrected chi connectivity index (χ4v) is 4.92. The van der Waals surface area contributed by atoms with Crippen LogP contribution < -0.4 is 0 Å². The molecule has 0 radical (unpaired) electrons. The molecule has 2 aromatic rings. The highest BCUT2D eigenvalue weighted by atomic mass is 32.2. The summed E-state index contributed by atoms with van der Waals surface area (Å²) in [7, 11) is -2.10. The Morgan fingerprint density at radius 3 is 2.65 bits per heavy atom. The molecule has 0 saturated heterocycles. The van der Waals surface area contributed by atoms with E-state index in [1.807, 2.05) is 31.2 Å². The Bertz CT molecular complexity index is 904. The zero-order valence-corrected chi connectivity index (χ0v) is 14.5. The molecule has 4 nitrogen and oxygen atoms in total. The van der Waals surface area contributed by atoms with E-state index in [0.717, 1.165) is 10.4 Å². The SMILES string of the molecule is COC(=O)C1=Cc2cc(-c3ccc(C)s3)ccc2S(=O)(=O)CC1. The van der Waals surface area contributed by atoms with Gasteiger partial charge in [0.05, 0.1) is 17.8 Å². The Kier molecular flexibility index (Phi) is 4.12. The van der Waals surface area contributed by atoms with Crippen LogP contribution in [0.3, 0.4) is 0 Å². The summed E-state index contributed by atoms with van der Waals surface area (Å²) in [6.45, 7) is 2.03. The highest BCUT2D eigenvalue weighted by Crippen LogP contribution is 2.33. The number of carbonyl (C=O) groups excluding carboxylic acids is 1. The lowest BCUT2D eigenvalue weighted by Crippen LogP contribution is -2.09. The Morgan fingerprint density at radius 1 is 1.22 bits per heavy atom. The third kappa shape index (κ3) is 3.09. The highest BCUT2D eigenvalue weighted by Gasteiger charge is 2.25. The van der Waals surface area contributed by atoms with Crippen LogP contribution in [0.2, 0.25) is 0 Å². The van der Waals surface area contributed by atoms with Gasteiger partial charge in [0.2, 0.25) is 0 Å². The zero-order valence-electron chi connectivity index (χ0n) is 12.8. The maximum Gasteiger partial charge on any atom is 0.333 e. The van der Waals surface area contributed by atoms with Crippen LogP contribution in [-0.4, -0.2) is 27.2 Å². The van der Waals surface area contributed by atoms with E-state index < -0.39 is 15.8 Å². The van der Waals surface area contributed by atoms with E-state index in [9.17, 15) is 13.2 Å². The first kappa shape index (κ1) is 16.0. The number of benzene rings is 1. The molecule has 120 valence electrons. The average Bonchev–Trinajstić information content (AvgIpc) is 2.91. The number of sulfone groups is 1. The van der Waals surface area contributed by atoms with Crippen molar-refractivity contribution < 1.29 is 17.9 Å². The lowest BCUT2D eigenvalue weighted by Gasteiger charge is -2.07. The molecule has 1 aliphatic rings. The molecule has 0 fully saturated rings. The zero-order chi connectivity index (χ0) is 16.6. The topological polar surface area (TPSA) is 60.4 Å². The number of fused-ring (bicyclic) bond motifs is 1. The molecule has 1 aromatic carbocycles. The fraction of sp³-hybridized carbons (Fsp3) is 0.235. The maximum atomic E-state index is 12.4. The van der Waals surface area contributed by atoms with E-state index in [-0.39, 0.29) is 17.1 Å². The smallest absolute Gasteiger partial charge is 0.333 e. The summed E-state index contributed by atoms with van der Waals surface area (Å²) in [5, 5.41) is 0. The summed E-state index contributed by atoms with van der Waals surface area (Å²) in [5.74, 6) is -0.566. The molecular formula is C17H16O4S2. The van der Waals surface area contributed by atoms with Crippen LogP contribution in [0.4, 0.5) is 0 Å². The number of carbonyl (C=O) groups is 1. The van der Waals surface area contributed by atoms with Gasteiger partial charge in [0, 0.05) is 15.3 Å². The largest absolute Gasteiger partial charge is 0.466 e. The van der Waals surface area contributed by atoms with Crippen LogP contribution in [-0.2, 0) is 19.4 Å². The van der Waals surface area contributed by atoms with Crippen LogP contribution in [0.25, 0.3) is 16.5 Å². The minimum absolute atomic E-state index is 0.0849. The van der Waals surface area contributed by atoms with Crippen LogP contribution in [0.5, 0.6) is 0 Å². The number of aryl methyl sites for hydroxylation is 1. The van der Waals surface area contributed by atoms with E-state index in [1.165, 1.54) is 12.0 Å². The van der Waals surface area contributed by atoms with Crippen molar-refractivity contribution in [1.29, 1.82) is 0 Å². The number of rotatable bonds is 2. The quantitative estimate of drug-likeness (QED) is 0.780. The predicted octanol–water partition coefficient (Wildman–Crippen LogP) is 3.46. The molecule has 6 heteroatoms. The van der Waals surface area contributed by atoms with Crippen molar-refractivity contribution in [3.8, 4) is 10.4 Å². The molecule has 0 aliphatic carbocycles. The van der Waals surface area contributed by atoms with E-state index in [0.29, 0.717) is 11.1 Å². The molecule has 0 N–H and O–H groups in total. The minimum atomic E-state index is -3.40. The molecule has 23 heavy (non-hydrogen) atoms. The van der Waals surface area contributed by atoms with Gasteiger partial charge in [0.15, 0.2) is 9.84 Å². The van der Waals surface area contributed by atoms with Gasteiger partial charge in [0.1, 0.15) is 0 Å². The van der Waals surface area contributed by atoms with E-state index in [1.54, 1.807) is 23.5 Å². The third-order valence-electron chi connectivity index (χ3n) is 3.79. The van der Waals surface area contributed by atoms with Gasteiger partial charge >= 0.3 is 5.97 Å². The fourth-order valence-electron chi connectivity index (χ4n) is 2.59. The molecule has 0 amide bonds. The normalized spacial score (nSPS) is 16.2. The highest BCUT2D eigenvalue weighted by molar-refractivity contribution is 7.91. The van der Waals surface area contributed by atoms with Crippen molar-refractivity contribution in [2.24, 2.45) is 0 Å². The summed E-state index contributed by atoms with van der Waals surface area (Å²) in [4.78, 5) is 14.3. The molecule has 2 heterocycles. The van der Waals surface area contributed by atoms with Crippen LogP contribution in [0.1, 0.15) is 16.9 Å². The predicted molar refractivity (Wildman–Crippen MR) is 91.2 cm³/mol. The van der Waals surface area contributed by atoms with E-state index >= 15 is 0 Å². The molecule has 0 atom stereocenters. The molecule has 0 saturated carbocycles. The van der Waals surface area contributed by atoms with Crippen molar-refractivity contribution in [2.75, 3.05) is 12.9 Å². The van der Waals surface area contributed by atoms with Gasteiger partial charge in [-0.05, 0) is 54.8 Å². The standard InChI is InChI=1S/C17H16O4S2/c1-11-3-5-15(22-11)12-4-6-16-14(9-12)10-13(17(18)21-2)7-8-23(16,19)20/h3-6,9-10H,7-8H2,1-2H3. The van der Waals surface area contributed by atoms with Gasteiger partial charge in [-0.1, -0.05) is 6.07 Å². The van der Waals surface area contributed by atoms with Gasteiger partial charge < -0.3 is 4.74 Å². The van der Waals surface area contributed by atoms with Crippen molar-refractivity contribution in [1.82, 2.24) is 0 Å². The number of esters is 1. The third-order valence-corrected chi connectivity index (χ3v) is 6.62. The first-order valence-electron chi connectivity index (χ1n) is 7.13. The first-order valence-corrected chi connectivity index (χ1v) is 9.60. The second-order valence-electron chi connectivity index (χ2n) is 5.39. The summed E-state index contributed by atoms with van der Waals surface area (Å²) >= 11 is 1.65. The van der Waals surface area contributed by atoms with Gasteiger partial charge in [-0.2, -0.15) is 0 Å². The average molecular weight is 348 g/mol. The Hall–Kier alpha value is -1.92. The number of thiophene rings is 1. The lowest BCUT2D eigenvalue weighted by atomic mass is 10.1. The number of hydrogen-bond donors (Lipinski definition) is 0. The number of ether oxygens (including phenoxy) is 1. The Labute approximate surface area is 139 Å². The molecule has 0 unspecified atom stereocenters. The van der Waals surface area contributed by atoms with Gasteiger partial charge in [0.25, 0.3) is 0 Å². The van der Waals surface area contributed by atoms with Crippen molar-refractivity contribution in [2.45, 2.75) is 18.2 Å². The lowest BCUT2D eigenvalue weighted by molar-refractivity contribution is -0.136. The van der Waals surface area contributed by atoms with Crippen molar-refractivity contribution in [3.63, 3.8) is 0 Å². The van der Waals surface area contributed by atoms with Crippen LogP contribution >= 0.6 is 11.3 Å². The molecule has 3 rings (SSSR count). The molecule has 1 aliphatic heterocycles. The Morgan fingerprint density at radius 2 is 2.00 bits per heavy atom. The molecule has 0 bridgehead atoms. The number of hydrogen-bond acceptors (Lipinski definition) is 5. The van der Waals surface area contributed by atoms with Gasteiger partial charge in [-0.3, -0.25) is 0 Å². The first-order chi connectivity index (χ1) is 10.9. The van der Waals surface area contributed by atoms with Crippen LogP contribution in [0, 0.1) is 6.92 Å². The van der Waals surface area contributed by atoms with Gasteiger partial charge in [-0.25, -0.2) is 13.2 Å². The molecule has 1 aromatic heterocycles. The molecular weight excluding hydrogens is 332 g/mol. The summed E-state index contributed by atoms with van der Waals surface area (Å²) < 4.78 is 29.6. The summed E-state index contributed by atoms with van der Waals surface area (Å²) in [5.41, 5.74) is 1.88. The second kappa shape index (κ2) is 5.94. The molecule has 0 spiro atoms. The monoisotopic (exact) mass is 348 g/mol. The van der Waals surface area contributed by atoms with Crippen molar-refractivity contribution in [3.05, 3.63) is 46.3 Å². The second-order valence-corrected chi connectivity index (χ2v) is 8.76. The Balaban J connectivity index is 2.16. The van der Waals surface area contributed by atoms with Gasteiger partial charge in [-0.15, -0.1) is 11.3 Å². The minimum Gasteiger partial charge on any atom is -0.466 e. The maximum absolute atomic E-state index is 12.4.